The lowest BCUT2D eigenvalue weighted by Crippen LogP contribution is -2.48. The Bertz CT molecular complexity index is 450. The number of hydrogen-bond acceptors (Lipinski definition) is 2. The molecule has 0 spiro atoms. The van der Waals surface area contributed by atoms with Gasteiger partial charge in [-0.15, -0.1) is 0 Å². The van der Waals surface area contributed by atoms with Crippen LogP contribution in [0.25, 0.3) is 0 Å². The summed E-state index contributed by atoms with van der Waals surface area (Å²) in [4.78, 5) is 2.68. The molecule has 0 aliphatic heterocycles. The van der Waals surface area contributed by atoms with Gasteiger partial charge in [-0.25, -0.2) is 0 Å². The van der Waals surface area contributed by atoms with Gasteiger partial charge in [0.15, 0.2) is 0 Å². The van der Waals surface area contributed by atoms with Crippen LogP contribution in [0.4, 0.5) is 0 Å². The van der Waals surface area contributed by atoms with Crippen molar-refractivity contribution in [1.82, 2.24) is 10.2 Å². The molecule has 2 nitrogen and oxygen atoms in total. The molecule has 1 saturated carbocycles. The van der Waals surface area contributed by atoms with Gasteiger partial charge in [-0.1, -0.05) is 44.0 Å². The zero-order valence-electron chi connectivity index (χ0n) is 13.1. The fraction of sp³-hybridized carbons (Fsp3) is 0.667. The predicted molar refractivity (Wildman–Crippen MR) is 85.1 cm³/mol. The number of nitrogens with one attached hydrogen (secondary N) is 1. The zero-order valence-corrected chi connectivity index (χ0v) is 13.1. The standard InChI is InChI=1S/C18H28N2/c1-13-12-17(20(3)14-8-4-5-9-14)18(19-2)16-11-7-6-10-15(13)16/h6-7,10-11,13-14,17-19H,4-5,8-9,12H2,1-3H3. The minimum Gasteiger partial charge on any atom is -0.312 e. The molecule has 0 aromatic heterocycles. The SMILES string of the molecule is CNC1c2ccccc2C(C)CC1N(C)C1CCCC1. The quantitative estimate of drug-likeness (QED) is 0.902. The van der Waals surface area contributed by atoms with E-state index in [1.807, 2.05) is 0 Å². The average Bonchev–Trinajstić information content (AvgIpc) is 3.01. The van der Waals surface area contributed by atoms with Crippen molar-refractivity contribution in [1.29, 1.82) is 0 Å². The molecule has 1 aromatic rings. The Hall–Kier alpha value is -0.860. The van der Waals surface area contributed by atoms with Crippen molar-refractivity contribution in [2.45, 2.75) is 63.1 Å². The van der Waals surface area contributed by atoms with Crippen LogP contribution in [0.2, 0.25) is 0 Å². The molecule has 0 bridgehead atoms. The smallest absolute Gasteiger partial charge is 0.0478 e. The molecule has 2 heteroatoms. The lowest BCUT2D eigenvalue weighted by atomic mass is 9.77. The van der Waals surface area contributed by atoms with E-state index in [1.165, 1.54) is 37.7 Å². The Morgan fingerprint density at radius 1 is 1.10 bits per heavy atom. The van der Waals surface area contributed by atoms with E-state index in [0.29, 0.717) is 18.0 Å². The van der Waals surface area contributed by atoms with E-state index in [1.54, 1.807) is 5.56 Å². The molecule has 0 saturated heterocycles. The highest BCUT2D eigenvalue weighted by atomic mass is 15.2. The van der Waals surface area contributed by atoms with Gasteiger partial charge in [0.25, 0.3) is 0 Å². The van der Waals surface area contributed by atoms with Crippen LogP contribution >= 0.6 is 0 Å². The highest BCUT2D eigenvalue weighted by Gasteiger charge is 2.37. The molecule has 3 atom stereocenters. The molecule has 2 aliphatic rings. The van der Waals surface area contributed by atoms with Crippen molar-refractivity contribution in [3.8, 4) is 0 Å². The molecule has 3 unspecified atom stereocenters. The third-order valence-corrected chi connectivity index (χ3v) is 5.58. The fourth-order valence-corrected chi connectivity index (χ4v) is 4.41. The summed E-state index contributed by atoms with van der Waals surface area (Å²) in [7, 11) is 4.47. The molecule has 0 radical (unpaired) electrons. The lowest BCUT2D eigenvalue weighted by molar-refractivity contribution is 0.121. The Morgan fingerprint density at radius 2 is 1.75 bits per heavy atom. The van der Waals surface area contributed by atoms with Gasteiger partial charge in [-0.3, -0.25) is 4.90 Å². The topological polar surface area (TPSA) is 15.3 Å². The third-order valence-electron chi connectivity index (χ3n) is 5.58. The van der Waals surface area contributed by atoms with E-state index >= 15 is 0 Å². The number of nitrogens with zero attached hydrogens (tertiary/aromatic N) is 1. The first kappa shape index (κ1) is 14.1. The minimum atomic E-state index is 0.480. The summed E-state index contributed by atoms with van der Waals surface area (Å²) in [6, 6.07) is 10.9. The molecule has 110 valence electrons. The third kappa shape index (κ3) is 2.40. The van der Waals surface area contributed by atoms with E-state index in [2.05, 4.69) is 55.5 Å². The van der Waals surface area contributed by atoms with E-state index < -0.39 is 0 Å². The molecule has 0 heterocycles. The molecule has 1 aromatic carbocycles. The van der Waals surface area contributed by atoms with Gasteiger partial charge in [0.2, 0.25) is 0 Å². The molecule has 0 amide bonds. The van der Waals surface area contributed by atoms with Gasteiger partial charge >= 0.3 is 0 Å². The van der Waals surface area contributed by atoms with E-state index in [9.17, 15) is 0 Å². The van der Waals surface area contributed by atoms with E-state index in [-0.39, 0.29) is 0 Å². The number of likely N-dealkylation sites (N-methyl/N-ethyl adjacent to an activating group) is 2. The second kappa shape index (κ2) is 5.87. The summed E-state index contributed by atoms with van der Waals surface area (Å²) < 4.78 is 0. The highest BCUT2D eigenvalue weighted by molar-refractivity contribution is 5.36. The maximum atomic E-state index is 3.59. The lowest BCUT2D eigenvalue weighted by Gasteiger charge is -2.44. The summed E-state index contributed by atoms with van der Waals surface area (Å²) in [5.41, 5.74) is 3.06. The van der Waals surface area contributed by atoms with Crippen LogP contribution in [-0.4, -0.2) is 31.1 Å². The van der Waals surface area contributed by atoms with Gasteiger partial charge < -0.3 is 5.32 Å². The minimum absolute atomic E-state index is 0.480. The van der Waals surface area contributed by atoms with E-state index in [4.69, 9.17) is 0 Å². The van der Waals surface area contributed by atoms with Crippen LogP contribution in [0.3, 0.4) is 0 Å². The first-order chi connectivity index (χ1) is 9.72. The van der Waals surface area contributed by atoms with Gasteiger partial charge in [0.05, 0.1) is 0 Å². The highest BCUT2D eigenvalue weighted by Crippen LogP contribution is 2.40. The van der Waals surface area contributed by atoms with Crippen LogP contribution in [0, 0.1) is 0 Å². The normalized spacial score (nSPS) is 30.7. The van der Waals surface area contributed by atoms with Crippen LogP contribution < -0.4 is 5.32 Å². The summed E-state index contributed by atoms with van der Waals surface area (Å²) in [6.45, 7) is 2.39. The van der Waals surface area contributed by atoms with Gasteiger partial charge in [0, 0.05) is 18.1 Å². The Kier molecular flexibility index (Phi) is 4.13. The fourth-order valence-electron chi connectivity index (χ4n) is 4.41. The molecule has 2 aliphatic carbocycles. The Morgan fingerprint density at radius 3 is 2.40 bits per heavy atom. The number of benzene rings is 1. The zero-order chi connectivity index (χ0) is 14.1. The largest absolute Gasteiger partial charge is 0.312 e. The van der Waals surface area contributed by atoms with Crippen molar-refractivity contribution >= 4 is 0 Å². The van der Waals surface area contributed by atoms with Crippen molar-refractivity contribution in [2.24, 2.45) is 0 Å². The predicted octanol–water partition coefficient (Wildman–Crippen LogP) is 3.70. The number of rotatable bonds is 3. The van der Waals surface area contributed by atoms with Crippen LogP contribution in [0.1, 0.15) is 62.1 Å². The molecule has 1 fully saturated rings. The van der Waals surface area contributed by atoms with Crippen molar-refractivity contribution in [2.75, 3.05) is 14.1 Å². The van der Waals surface area contributed by atoms with Crippen LogP contribution in [0.15, 0.2) is 24.3 Å². The summed E-state index contributed by atoms with van der Waals surface area (Å²) >= 11 is 0. The van der Waals surface area contributed by atoms with Gasteiger partial charge in [0.1, 0.15) is 0 Å². The molecular formula is C18H28N2. The molecular weight excluding hydrogens is 244 g/mol. The van der Waals surface area contributed by atoms with Gasteiger partial charge in [-0.2, -0.15) is 0 Å². The Labute approximate surface area is 123 Å². The van der Waals surface area contributed by atoms with Crippen LogP contribution in [0.5, 0.6) is 0 Å². The van der Waals surface area contributed by atoms with Crippen molar-refractivity contribution < 1.29 is 0 Å². The molecule has 3 rings (SSSR count). The van der Waals surface area contributed by atoms with Gasteiger partial charge in [-0.05, 0) is 50.4 Å². The van der Waals surface area contributed by atoms with E-state index in [0.717, 1.165) is 6.04 Å². The monoisotopic (exact) mass is 272 g/mol. The first-order valence-corrected chi connectivity index (χ1v) is 8.20. The maximum Gasteiger partial charge on any atom is 0.0478 e. The number of hydrogen-bond donors (Lipinski definition) is 1. The average molecular weight is 272 g/mol. The summed E-state index contributed by atoms with van der Waals surface area (Å²) in [6.07, 6.45) is 6.88. The second-order valence-corrected chi connectivity index (χ2v) is 6.70. The molecule has 20 heavy (non-hydrogen) atoms. The summed E-state index contributed by atoms with van der Waals surface area (Å²) in [5, 5.41) is 3.59. The second-order valence-electron chi connectivity index (χ2n) is 6.70. The van der Waals surface area contributed by atoms with Crippen molar-refractivity contribution in [3.05, 3.63) is 35.4 Å². The Balaban J connectivity index is 1.88. The summed E-state index contributed by atoms with van der Waals surface area (Å²) in [5.74, 6) is 0.671. The first-order valence-electron chi connectivity index (χ1n) is 8.20. The van der Waals surface area contributed by atoms with Crippen LogP contribution in [-0.2, 0) is 0 Å². The maximum absolute atomic E-state index is 3.59. The number of fused-ring (bicyclic) bond motifs is 1. The van der Waals surface area contributed by atoms with Crippen molar-refractivity contribution in [3.63, 3.8) is 0 Å². The molecule has 1 N–H and O–H groups in total.